The number of carbonyl (C=O) groups is 1. The quantitative estimate of drug-likeness (QED) is 0.669. The van der Waals surface area contributed by atoms with Gasteiger partial charge in [-0.25, -0.2) is 0 Å². The van der Waals surface area contributed by atoms with Gasteiger partial charge in [0.2, 0.25) is 0 Å². The summed E-state index contributed by atoms with van der Waals surface area (Å²) in [5.41, 5.74) is 1.91. The number of rotatable bonds is 2. The Hall–Kier alpha value is -1.31. The van der Waals surface area contributed by atoms with Crippen molar-refractivity contribution in [2.45, 2.75) is 20.3 Å². The van der Waals surface area contributed by atoms with Crippen molar-refractivity contribution in [2.24, 2.45) is 5.92 Å². The molecule has 0 fully saturated rings. The van der Waals surface area contributed by atoms with Crippen molar-refractivity contribution >= 4 is 5.78 Å². The highest BCUT2D eigenvalue weighted by molar-refractivity contribution is 6.00. The highest BCUT2D eigenvalue weighted by Gasteiger charge is 2.21. The van der Waals surface area contributed by atoms with Crippen LogP contribution in [0.1, 0.15) is 29.8 Å². The largest absolute Gasteiger partial charge is 0.492 e. The highest BCUT2D eigenvalue weighted by Crippen LogP contribution is 2.30. The van der Waals surface area contributed by atoms with Crippen LogP contribution in [0.2, 0.25) is 0 Å². The molecule has 0 spiro atoms. The van der Waals surface area contributed by atoms with Crippen LogP contribution in [-0.2, 0) is 6.42 Å². The van der Waals surface area contributed by atoms with Crippen molar-refractivity contribution in [3.8, 4) is 5.75 Å². The normalized spacial score (nSPS) is 13.9. The lowest BCUT2D eigenvalue weighted by Gasteiger charge is -2.08. The van der Waals surface area contributed by atoms with Crippen LogP contribution in [0.3, 0.4) is 0 Å². The van der Waals surface area contributed by atoms with Crippen LogP contribution in [0.15, 0.2) is 18.2 Å². The zero-order valence-electron chi connectivity index (χ0n) is 8.54. The smallest absolute Gasteiger partial charge is 0.169 e. The molecule has 0 atom stereocenters. The third-order valence-electron chi connectivity index (χ3n) is 2.50. The maximum absolute atomic E-state index is 11.8. The molecule has 0 saturated carbocycles. The molecule has 0 aliphatic carbocycles. The molecular weight excluding hydrogens is 176 g/mol. The molecule has 1 aromatic carbocycles. The van der Waals surface area contributed by atoms with Gasteiger partial charge in [-0.05, 0) is 11.6 Å². The summed E-state index contributed by atoms with van der Waals surface area (Å²) < 4.78 is 5.48. The lowest BCUT2D eigenvalue weighted by atomic mass is 9.98. The first-order valence-corrected chi connectivity index (χ1v) is 4.99. The average Bonchev–Trinajstić information content (AvgIpc) is 2.63. The minimum atomic E-state index is 0.0331. The molecule has 14 heavy (non-hydrogen) atoms. The van der Waals surface area contributed by atoms with Crippen molar-refractivity contribution in [1.82, 2.24) is 0 Å². The molecule has 2 rings (SSSR count). The van der Waals surface area contributed by atoms with Crippen molar-refractivity contribution < 1.29 is 9.53 Å². The number of hydrogen-bond acceptors (Lipinski definition) is 2. The fourth-order valence-corrected chi connectivity index (χ4v) is 1.72. The van der Waals surface area contributed by atoms with E-state index in [2.05, 4.69) is 0 Å². The van der Waals surface area contributed by atoms with Gasteiger partial charge in [0.25, 0.3) is 0 Å². The van der Waals surface area contributed by atoms with Crippen LogP contribution in [0.5, 0.6) is 5.75 Å². The molecule has 0 N–H and O–H groups in total. The van der Waals surface area contributed by atoms with Gasteiger partial charge in [0.1, 0.15) is 5.75 Å². The molecule has 1 heterocycles. The molecule has 0 bridgehead atoms. The maximum atomic E-state index is 11.8. The van der Waals surface area contributed by atoms with Crippen molar-refractivity contribution in [3.05, 3.63) is 29.3 Å². The molecule has 1 aliphatic heterocycles. The van der Waals surface area contributed by atoms with Crippen LogP contribution >= 0.6 is 0 Å². The van der Waals surface area contributed by atoms with Gasteiger partial charge < -0.3 is 4.74 Å². The predicted octanol–water partition coefficient (Wildman–Crippen LogP) is 2.46. The molecule has 0 saturated heterocycles. The van der Waals surface area contributed by atoms with E-state index < -0.39 is 0 Å². The van der Waals surface area contributed by atoms with Gasteiger partial charge in [-0.1, -0.05) is 26.0 Å². The Balaban J connectivity index is 2.44. The van der Waals surface area contributed by atoms with Crippen molar-refractivity contribution in [3.63, 3.8) is 0 Å². The first kappa shape index (κ1) is 9.25. The minimum Gasteiger partial charge on any atom is -0.492 e. The lowest BCUT2D eigenvalue weighted by Crippen LogP contribution is -2.08. The fourth-order valence-electron chi connectivity index (χ4n) is 1.72. The van der Waals surface area contributed by atoms with Gasteiger partial charge in [-0.2, -0.15) is 0 Å². The number of ether oxygens (including phenoxy) is 1. The van der Waals surface area contributed by atoms with Gasteiger partial charge in [-0.3, -0.25) is 4.79 Å². The highest BCUT2D eigenvalue weighted by atomic mass is 16.5. The summed E-state index contributed by atoms with van der Waals surface area (Å²) in [5.74, 6) is 1.01. The first-order chi connectivity index (χ1) is 6.70. The zero-order valence-corrected chi connectivity index (χ0v) is 8.54. The third kappa shape index (κ3) is 1.41. The Kier molecular flexibility index (Phi) is 2.28. The number of carbonyl (C=O) groups excluding carboxylic acids is 1. The van der Waals surface area contributed by atoms with Crippen molar-refractivity contribution in [2.75, 3.05) is 6.61 Å². The second kappa shape index (κ2) is 3.45. The van der Waals surface area contributed by atoms with E-state index in [0.29, 0.717) is 6.61 Å². The number of benzene rings is 1. The number of ketones is 1. The van der Waals surface area contributed by atoms with Crippen LogP contribution in [0.25, 0.3) is 0 Å². The monoisotopic (exact) mass is 190 g/mol. The molecule has 0 unspecified atom stereocenters. The second-order valence-electron chi connectivity index (χ2n) is 3.91. The van der Waals surface area contributed by atoms with E-state index in [4.69, 9.17) is 4.74 Å². The van der Waals surface area contributed by atoms with E-state index in [1.54, 1.807) is 0 Å². The summed E-state index contributed by atoms with van der Waals surface area (Å²) in [6.07, 6.45) is 0.925. The van der Waals surface area contributed by atoms with Gasteiger partial charge in [0, 0.05) is 12.3 Å². The van der Waals surface area contributed by atoms with E-state index in [0.717, 1.165) is 23.3 Å². The van der Waals surface area contributed by atoms with Gasteiger partial charge in [0.15, 0.2) is 5.78 Å². The van der Waals surface area contributed by atoms with E-state index in [1.165, 1.54) is 0 Å². The Morgan fingerprint density at radius 2 is 2.21 bits per heavy atom. The lowest BCUT2D eigenvalue weighted by molar-refractivity contribution is 0.0936. The predicted molar refractivity (Wildman–Crippen MR) is 54.8 cm³/mol. The molecular formula is C12H14O2. The van der Waals surface area contributed by atoms with Crippen LogP contribution in [0, 0.1) is 5.92 Å². The minimum absolute atomic E-state index is 0.0331. The molecule has 0 amide bonds. The SMILES string of the molecule is CC(C)C(=O)c1cccc2c1OCC2. The summed E-state index contributed by atoms with van der Waals surface area (Å²) >= 11 is 0. The molecule has 1 aliphatic rings. The standard InChI is InChI=1S/C12H14O2/c1-8(2)11(13)10-5-3-4-9-6-7-14-12(9)10/h3-5,8H,6-7H2,1-2H3. The molecule has 2 nitrogen and oxygen atoms in total. The topological polar surface area (TPSA) is 26.3 Å². The Labute approximate surface area is 83.9 Å². The summed E-state index contributed by atoms with van der Waals surface area (Å²) in [4.78, 5) is 11.8. The fraction of sp³-hybridized carbons (Fsp3) is 0.417. The Morgan fingerprint density at radius 3 is 2.93 bits per heavy atom. The van der Waals surface area contributed by atoms with Gasteiger partial charge in [0.05, 0.1) is 12.2 Å². The molecule has 0 radical (unpaired) electrons. The maximum Gasteiger partial charge on any atom is 0.169 e. The average molecular weight is 190 g/mol. The Bertz CT molecular complexity index is 367. The molecule has 1 aromatic rings. The summed E-state index contributed by atoms with van der Waals surface area (Å²) in [6, 6.07) is 5.81. The number of hydrogen-bond donors (Lipinski definition) is 0. The number of fused-ring (bicyclic) bond motifs is 1. The number of Topliss-reactive ketones (excluding diaryl/α,β-unsaturated/α-hetero) is 1. The van der Waals surface area contributed by atoms with E-state index in [9.17, 15) is 4.79 Å². The van der Waals surface area contributed by atoms with Crippen LogP contribution in [-0.4, -0.2) is 12.4 Å². The zero-order chi connectivity index (χ0) is 10.1. The van der Waals surface area contributed by atoms with E-state index >= 15 is 0 Å². The van der Waals surface area contributed by atoms with Crippen molar-refractivity contribution in [1.29, 1.82) is 0 Å². The van der Waals surface area contributed by atoms with E-state index in [1.807, 2.05) is 32.0 Å². The summed E-state index contributed by atoms with van der Waals surface area (Å²) in [6.45, 7) is 4.53. The third-order valence-corrected chi connectivity index (χ3v) is 2.50. The molecule has 2 heteroatoms. The first-order valence-electron chi connectivity index (χ1n) is 4.99. The number of para-hydroxylation sites is 1. The van der Waals surface area contributed by atoms with Gasteiger partial charge >= 0.3 is 0 Å². The molecule has 0 aromatic heterocycles. The van der Waals surface area contributed by atoms with E-state index in [-0.39, 0.29) is 11.7 Å². The molecule has 74 valence electrons. The summed E-state index contributed by atoms with van der Waals surface area (Å²) in [7, 11) is 0. The summed E-state index contributed by atoms with van der Waals surface area (Å²) in [5, 5.41) is 0. The Morgan fingerprint density at radius 1 is 1.43 bits per heavy atom. The van der Waals surface area contributed by atoms with Crippen LogP contribution < -0.4 is 4.74 Å². The van der Waals surface area contributed by atoms with Crippen LogP contribution in [0.4, 0.5) is 0 Å². The second-order valence-corrected chi connectivity index (χ2v) is 3.91. The van der Waals surface area contributed by atoms with Gasteiger partial charge in [-0.15, -0.1) is 0 Å².